The molecule has 0 N–H and O–H groups in total. The molecule has 1 fully saturated rings. The van der Waals surface area contributed by atoms with Crippen LogP contribution in [0.15, 0.2) is 18.5 Å². The molecule has 2 heterocycles. The first-order valence-corrected chi connectivity index (χ1v) is 5.59. The van der Waals surface area contributed by atoms with E-state index in [9.17, 15) is 0 Å². The molecule has 15 heavy (non-hydrogen) atoms. The van der Waals surface area contributed by atoms with Crippen LogP contribution in [0.4, 0.5) is 0 Å². The lowest BCUT2D eigenvalue weighted by Crippen LogP contribution is -1.96. The van der Waals surface area contributed by atoms with Gasteiger partial charge in [-0.05, 0) is 24.3 Å². The van der Waals surface area contributed by atoms with Gasteiger partial charge in [-0.25, -0.2) is 9.50 Å². The van der Waals surface area contributed by atoms with Crippen molar-refractivity contribution in [3.63, 3.8) is 0 Å². The first kappa shape index (κ1) is 8.89. The molecule has 0 unspecified atom stereocenters. The highest BCUT2D eigenvalue weighted by Gasteiger charge is 2.26. The molecule has 0 radical (unpaired) electrons. The fourth-order valence-electron chi connectivity index (χ4n) is 1.79. The summed E-state index contributed by atoms with van der Waals surface area (Å²) in [5, 5.41) is 4.57. The van der Waals surface area contributed by atoms with Crippen LogP contribution in [0.5, 0.6) is 0 Å². The number of aromatic nitrogens is 3. The summed E-state index contributed by atoms with van der Waals surface area (Å²) in [4.78, 5) is 4.43. The summed E-state index contributed by atoms with van der Waals surface area (Å²) >= 11 is 0. The van der Waals surface area contributed by atoms with E-state index in [2.05, 4.69) is 36.2 Å². The lowest BCUT2D eigenvalue weighted by Gasteiger charge is -2.03. The van der Waals surface area contributed by atoms with E-state index in [0.29, 0.717) is 11.8 Å². The maximum Gasteiger partial charge on any atom is 0.155 e. The molecule has 1 aliphatic rings. The van der Waals surface area contributed by atoms with Gasteiger partial charge in [0, 0.05) is 24.4 Å². The zero-order valence-corrected chi connectivity index (χ0v) is 9.14. The fourth-order valence-corrected chi connectivity index (χ4v) is 1.79. The molecule has 78 valence electrons. The van der Waals surface area contributed by atoms with Crippen LogP contribution in [-0.4, -0.2) is 14.6 Å². The van der Waals surface area contributed by atoms with Gasteiger partial charge in [0.2, 0.25) is 0 Å². The molecular formula is C12H15N3. The molecule has 2 aromatic rings. The zero-order chi connectivity index (χ0) is 10.4. The third-order valence-electron chi connectivity index (χ3n) is 3.01. The van der Waals surface area contributed by atoms with Crippen LogP contribution in [0.2, 0.25) is 0 Å². The van der Waals surface area contributed by atoms with Crippen molar-refractivity contribution in [1.82, 2.24) is 14.6 Å². The second-order valence-corrected chi connectivity index (χ2v) is 4.69. The minimum atomic E-state index is 0.510. The SMILES string of the molecule is CC(C)c1cnc2cc(C3CC3)nn2c1. The van der Waals surface area contributed by atoms with Gasteiger partial charge in [-0.2, -0.15) is 5.10 Å². The summed E-state index contributed by atoms with van der Waals surface area (Å²) in [6, 6.07) is 2.11. The molecule has 3 heteroatoms. The Morgan fingerprint density at radius 1 is 1.40 bits per heavy atom. The van der Waals surface area contributed by atoms with Crippen LogP contribution in [0.3, 0.4) is 0 Å². The minimum absolute atomic E-state index is 0.510. The van der Waals surface area contributed by atoms with Crippen molar-refractivity contribution >= 4 is 5.65 Å². The second-order valence-electron chi connectivity index (χ2n) is 4.69. The van der Waals surface area contributed by atoms with Gasteiger partial charge < -0.3 is 0 Å². The molecular weight excluding hydrogens is 186 g/mol. The topological polar surface area (TPSA) is 30.2 Å². The summed E-state index contributed by atoms with van der Waals surface area (Å²) < 4.78 is 1.92. The summed E-state index contributed by atoms with van der Waals surface area (Å²) in [6.07, 6.45) is 6.64. The lowest BCUT2D eigenvalue weighted by molar-refractivity contribution is 0.810. The number of hydrogen-bond donors (Lipinski definition) is 0. The Labute approximate surface area is 89.1 Å². The predicted octanol–water partition coefficient (Wildman–Crippen LogP) is 2.73. The Morgan fingerprint density at radius 3 is 2.87 bits per heavy atom. The molecule has 2 aromatic heterocycles. The van der Waals surface area contributed by atoms with Gasteiger partial charge in [0.05, 0.1) is 5.69 Å². The third-order valence-corrected chi connectivity index (χ3v) is 3.01. The van der Waals surface area contributed by atoms with Gasteiger partial charge in [0.25, 0.3) is 0 Å². The summed E-state index contributed by atoms with van der Waals surface area (Å²) in [5.41, 5.74) is 3.43. The van der Waals surface area contributed by atoms with Crippen molar-refractivity contribution in [2.24, 2.45) is 0 Å². The van der Waals surface area contributed by atoms with E-state index in [-0.39, 0.29) is 0 Å². The van der Waals surface area contributed by atoms with Crippen molar-refractivity contribution in [1.29, 1.82) is 0 Å². The van der Waals surface area contributed by atoms with Gasteiger partial charge in [-0.15, -0.1) is 0 Å². The third kappa shape index (κ3) is 1.52. The van der Waals surface area contributed by atoms with Crippen molar-refractivity contribution in [3.8, 4) is 0 Å². The zero-order valence-electron chi connectivity index (χ0n) is 9.14. The summed E-state index contributed by atoms with van der Waals surface area (Å²) in [6.45, 7) is 4.35. The maximum atomic E-state index is 4.57. The maximum absolute atomic E-state index is 4.57. The molecule has 1 aliphatic carbocycles. The van der Waals surface area contributed by atoms with Gasteiger partial charge in [-0.1, -0.05) is 13.8 Å². The predicted molar refractivity (Wildman–Crippen MR) is 59.1 cm³/mol. The van der Waals surface area contributed by atoms with E-state index in [0.717, 1.165) is 5.65 Å². The quantitative estimate of drug-likeness (QED) is 0.747. The van der Waals surface area contributed by atoms with E-state index >= 15 is 0 Å². The Kier molecular flexibility index (Phi) is 1.81. The molecule has 0 amide bonds. The molecule has 0 aliphatic heterocycles. The van der Waals surface area contributed by atoms with E-state index in [1.165, 1.54) is 24.1 Å². The molecule has 0 atom stereocenters. The van der Waals surface area contributed by atoms with Crippen LogP contribution in [0, 0.1) is 0 Å². The molecule has 0 aromatic carbocycles. The number of rotatable bonds is 2. The molecule has 3 rings (SSSR count). The average molecular weight is 201 g/mol. The van der Waals surface area contributed by atoms with E-state index in [1.54, 1.807) is 0 Å². The Hall–Kier alpha value is -1.38. The molecule has 0 spiro atoms. The molecule has 0 bridgehead atoms. The Balaban J connectivity index is 2.09. The normalized spacial score (nSPS) is 16.5. The Morgan fingerprint density at radius 2 is 2.20 bits per heavy atom. The number of nitrogens with zero attached hydrogens (tertiary/aromatic N) is 3. The first-order valence-electron chi connectivity index (χ1n) is 5.59. The Bertz CT molecular complexity index is 495. The van der Waals surface area contributed by atoms with Gasteiger partial charge in [-0.3, -0.25) is 0 Å². The smallest absolute Gasteiger partial charge is 0.155 e. The summed E-state index contributed by atoms with van der Waals surface area (Å²) in [7, 11) is 0. The molecule has 3 nitrogen and oxygen atoms in total. The van der Waals surface area contributed by atoms with Crippen LogP contribution >= 0.6 is 0 Å². The van der Waals surface area contributed by atoms with Crippen molar-refractivity contribution in [2.75, 3.05) is 0 Å². The van der Waals surface area contributed by atoms with Crippen LogP contribution in [0.25, 0.3) is 5.65 Å². The monoisotopic (exact) mass is 201 g/mol. The van der Waals surface area contributed by atoms with E-state index < -0.39 is 0 Å². The van der Waals surface area contributed by atoms with Gasteiger partial charge in [0.15, 0.2) is 5.65 Å². The highest BCUT2D eigenvalue weighted by atomic mass is 15.2. The molecule has 1 saturated carbocycles. The largest absolute Gasteiger partial charge is 0.237 e. The summed E-state index contributed by atoms with van der Waals surface area (Å²) in [5.74, 6) is 1.21. The fraction of sp³-hybridized carbons (Fsp3) is 0.500. The van der Waals surface area contributed by atoms with Crippen molar-refractivity contribution in [2.45, 2.75) is 38.5 Å². The lowest BCUT2D eigenvalue weighted by atomic mass is 10.1. The van der Waals surface area contributed by atoms with Gasteiger partial charge in [0.1, 0.15) is 0 Å². The van der Waals surface area contributed by atoms with Crippen LogP contribution in [-0.2, 0) is 0 Å². The van der Waals surface area contributed by atoms with E-state index in [4.69, 9.17) is 0 Å². The average Bonchev–Trinajstić information content (AvgIpc) is 2.97. The number of fused-ring (bicyclic) bond motifs is 1. The highest BCUT2D eigenvalue weighted by molar-refractivity contribution is 5.41. The standard InChI is InChI=1S/C12H15N3/c1-8(2)10-6-13-12-5-11(9-3-4-9)14-15(12)7-10/h5-9H,3-4H2,1-2H3. The van der Waals surface area contributed by atoms with Crippen molar-refractivity contribution in [3.05, 3.63) is 29.7 Å². The first-order chi connectivity index (χ1) is 7.24. The van der Waals surface area contributed by atoms with Crippen molar-refractivity contribution < 1.29 is 0 Å². The number of hydrogen-bond acceptors (Lipinski definition) is 2. The second kappa shape index (κ2) is 3.05. The van der Waals surface area contributed by atoms with Gasteiger partial charge >= 0.3 is 0 Å². The van der Waals surface area contributed by atoms with Crippen LogP contribution < -0.4 is 0 Å². The molecule has 0 saturated heterocycles. The highest BCUT2D eigenvalue weighted by Crippen LogP contribution is 2.39. The minimum Gasteiger partial charge on any atom is -0.237 e. The van der Waals surface area contributed by atoms with Crippen LogP contribution in [0.1, 0.15) is 49.8 Å². The van der Waals surface area contributed by atoms with E-state index in [1.807, 2.05) is 10.7 Å².